The van der Waals surface area contributed by atoms with Gasteiger partial charge in [0.05, 0.1) is 40.3 Å². The molecule has 30 nitrogen and oxygen atoms in total. The van der Waals surface area contributed by atoms with E-state index in [4.69, 9.17) is 28.4 Å². The van der Waals surface area contributed by atoms with Gasteiger partial charge in [0.1, 0.15) is 24.9 Å². The summed E-state index contributed by atoms with van der Waals surface area (Å²) < 4.78 is 34.1. The molecule has 1 saturated heterocycles. The molecule has 76 heavy (non-hydrogen) atoms. The second-order valence-electron chi connectivity index (χ2n) is 17.6. The summed E-state index contributed by atoms with van der Waals surface area (Å²) in [6.07, 6.45) is -19.0. The molecule has 9 atom stereocenters. The predicted octanol–water partition coefficient (Wildman–Crippen LogP) is -0.830. The number of ether oxygens (including phenoxy) is 6. The number of benzene rings is 5. The van der Waals surface area contributed by atoms with Crippen molar-refractivity contribution < 1.29 is 149 Å². The Bertz CT molecular complexity index is 3510. The molecule has 6 aliphatic heterocycles. The van der Waals surface area contributed by atoms with Crippen molar-refractivity contribution in [3.8, 4) is 120 Å². The van der Waals surface area contributed by atoms with Gasteiger partial charge in [-0.3, -0.25) is 0 Å². The highest BCUT2D eigenvalue weighted by Crippen LogP contribution is 2.64. The Labute approximate surface area is 417 Å². The molecule has 1 fully saturated rings. The van der Waals surface area contributed by atoms with Crippen LogP contribution in [0.4, 0.5) is 0 Å². The number of aliphatic hydroxyl groups excluding tert-OH is 3. The summed E-state index contributed by atoms with van der Waals surface area (Å²) in [5.41, 5.74) is -16.3. The molecule has 0 aromatic heterocycles. The Morgan fingerprint density at radius 2 is 0.829 bits per heavy atom. The molecule has 6 heterocycles. The van der Waals surface area contributed by atoms with E-state index in [1.807, 2.05) is 0 Å². The number of phenolic OH excluding ortho intramolecular Hbond substituents is 15. The average molecular weight is 1070 g/mol. The summed E-state index contributed by atoms with van der Waals surface area (Å²) in [4.78, 5) is 74.4. The number of rotatable bonds is 2. The van der Waals surface area contributed by atoms with Crippen molar-refractivity contribution in [1.29, 1.82) is 0 Å². The Morgan fingerprint density at radius 3 is 1.33 bits per heavy atom. The van der Waals surface area contributed by atoms with Crippen LogP contribution in [0.3, 0.4) is 0 Å². The van der Waals surface area contributed by atoms with Gasteiger partial charge in [-0.2, -0.15) is 0 Å². The molecule has 30 heteroatoms. The molecule has 11 rings (SSSR count). The van der Waals surface area contributed by atoms with Gasteiger partial charge in [-0.05, 0) is 18.2 Å². The van der Waals surface area contributed by atoms with E-state index in [2.05, 4.69) is 0 Å². The second kappa shape index (κ2) is 16.6. The highest BCUT2D eigenvalue weighted by atomic mass is 16.7. The summed E-state index contributed by atoms with van der Waals surface area (Å²) in [7, 11) is 0. The second-order valence-corrected chi connectivity index (χ2v) is 17.6. The van der Waals surface area contributed by atoms with E-state index in [-0.39, 0.29) is 12.1 Å². The first-order valence-electron chi connectivity index (χ1n) is 21.5. The van der Waals surface area contributed by atoms with Crippen LogP contribution in [-0.2, 0) is 28.4 Å². The van der Waals surface area contributed by atoms with Crippen LogP contribution in [-0.4, -0.2) is 189 Å². The number of phenols is 15. The molecule has 4 unspecified atom stereocenters. The third-order valence-corrected chi connectivity index (χ3v) is 13.6. The van der Waals surface area contributed by atoms with Crippen LogP contribution in [0.1, 0.15) is 63.3 Å². The van der Waals surface area contributed by atoms with E-state index in [9.17, 15) is 111 Å². The van der Waals surface area contributed by atoms with Crippen molar-refractivity contribution in [3.63, 3.8) is 0 Å². The molecule has 0 spiro atoms. The maximum Gasteiger partial charge on any atom is 0.340 e. The number of hydrogen-bond donors (Lipinski definition) is 19. The van der Waals surface area contributed by atoms with Gasteiger partial charge >= 0.3 is 29.8 Å². The van der Waals surface area contributed by atoms with Crippen LogP contribution in [0.25, 0.3) is 33.4 Å². The number of hydrogen-bond acceptors (Lipinski definition) is 30. The van der Waals surface area contributed by atoms with E-state index in [1.54, 1.807) is 0 Å². The molecule has 5 aromatic carbocycles. The zero-order valence-electron chi connectivity index (χ0n) is 37.3. The van der Waals surface area contributed by atoms with Crippen molar-refractivity contribution in [2.75, 3.05) is 13.2 Å². The average Bonchev–Trinajstić information content (AvgIpc) is 3.69. The summed E-state index contributed by atoms with van der Waals surface area (Å²) in [5, 5.41) is 214. The zero-order valence-corrected chi connectivity index (χ0v) is 37.3. The fraction of sp³-hybridized carbons (Fsp3) is 0.239. The summed E-state index contributed by atoms with van der Waals surface area (Å²) in [5.74, 6) is -40.7. The predicted molar refractivity (Wildman–Crippen MR) is 233 cm³/mol. The maximum absolute atomic E-state index is 15.5. The van der Waals surface area contributed by atoms with Gasteiger partial charge in [-0.15, -0.1) is 0 Å². The summed E-state index contributed by atoms with van der Waals surface area (Å²) >= 11 is 0. The third-order valence-electron chi connectivity index (χ3n) is 13.6. The molecular weight excluding hydrogens is 1030 g/mol. The van der Waals surface area contributed by atoms with Crippen molar-refractivity contribution in [2.45, 2.75) is 54.4 Å². The molecule has 0 amide bonds. The number of fused-ring (bicyclic) bond motifs is 7. The Hall–Kier alpha value is -9.75. The van der Waals surface area contributed by atoms with Gasteiger partial charge < -0.3 is 125 Å². The monoisotopic (exact) mass is 1070 g/mol. The van der Waals surface area contributed by atoms with Crippen molar-refractivity contribution in [2.24, 2.45) is 0 Å². The lowest BCUT2D eigenvalue weighted by Crippen LogP contribution is -2.62. The minimum absolute atomic E-state index is 0.271. The topological polar surface area (TPSA) is 525 Å². The fourth-order valence-electron chi connectivity index (χ4n) is 10.1. The van der Waals surface area contributed by atoms with Gasteiger partial charge in [0.2, 0.25) is 34.5 Å². The highest BCUT2D eigenvalue weighted by Gasteiger charge is 2.67. The van der Waals surface area contributed by atoms with Crippen LogP contribution in [0, 0.1) is 0 Å². The van der Waals surface area contributed by atoms with Crippen LogP contribution >= 0.6 is 0 Å². The zero-order chi connectivity index (χ0) is 55.4. The summed E-state index contributed by atoms with van der Waals surface area (Å²) in [6.45, 7) is -2.91. The molecular formula is C46H34O30. The van der Waals surface area contributed by atoms with E-state index >= 15 is 9.59 Å². The van der Waals surface area contributed by atoms with Gasteiger partial charge in [0, 0.05) is 38.9 Å². The number of aromatic hydroxyl groups is 15. The fourth-order valence-corrected chi connectivity index (χ4v) is 10.1. The SMILES string of the molecule is O=C1OCC2OC(=O)c3cc(O)c(O)c(O)c3-c3c(O)c(O)c(O)c4c3C(=O)OC(C2OC(=O)c2cc(O)c(O)c(O)c2-c2c1cc(O)c(O)c2O)C1OC(=O)c2c-4c(O)c(O)c(O)c2[C@@H]1[C@@]1(O)O[C@@H](CO)[C@@H](O)[C@H]1O. The number of aliphatic hydroxyl groups is 4. The third kappa shape index (κ3) is 6.54. The molecule has 6 aliphatic rings. The molecule has 0 saturated carbocycles. The molecule has 398 valence electrons. The van der Waals surface area contributed by atoms with Crippen molar-refractivity contribution in [1.82, 2.24) is 0 Å². The van der Waals surface area contributed by atoms with Gasteiger partial charge in [-0.1, -0.05) is 0 Å². The standard InChI is InChI=1S/C46H34O30/c47-4-12-27(54)40(64)46(70,76-12)23-22-21-19(33(60)36(63)34(22)61)18-20-17(31(58)35(62)32(18)59)16-8(3-11(50)26(53)30(16)57)42(66)72-13-5-71-41(65)6-1-9(48)24(51)28(55)14(6)15-7(2-10(49)25(52)29(15)56)43(67)73-37(13)39(75-44(20)68)38(23)74-45(21)69/h1-3,12-13,23,27,37-40,47-64,70H,4-5H2/t12-,13?,23-,27+,37?,38?,39?,40+,46+/m0/s1. The smallest absolute Gasteiger partial charge is 0.340 e. The van der Waals surface area contributed by atoms with Gasteiger partial charge in [-0.25, -0.2) is 24.0 Å². The lowest BCUT2D eigenvalue weighted by Gasteiger charge is -2.46. The Morgan fingerprint density at radius 1 is 0.434 bits per heavy atom. The van der Waals surface area contributed by atoms with E-state index < -0.39 is 250 Å². The normalized spacial score (nSPS) is 25.5. The number of esters is 5. The number of cyclic esters (lactones) is 1. The van der Waals surface area contributed by atoms with Gasteiger partial charge in [0.15, 0.2) is 81.9 Å². The number of carbonyl (C=O) groups is 5. The van der Waals surface area contributed by atoms with E-state index in [1.165, 1.54) is 0 Å². The minimum atomic E-state index is -3.71. The van der Waals surface area contributed by atoms with Gasteiger partial charge in [0.25, 0.3) is 0 Å². The molecule has 6 bridgehead atoms. The quantitative estimate of drug-likeness (QED) is 0.0583. The molecule has 0 radical (unpaired) electrons. The summed E-state index contributed by atoms with van der Waals surface area (Å²) in [6, 6.07) is 0.916. The molecule has 5 aromatic rings. The maximum atomic E-state index is 15.5. The van der Waals surface area contributed by atoms with Crippen molar-refractivity contribution >= 4 is 29.8 Å². The van der Waals surface area contributed by atoms with Crippen molar-refractivity contribution in [3.05, 3.63) is 51.6 Å². The van der Waals surface area contributed by atoms with E-state index in [0.717, 1.165) is 0 Å². The van der Waals surface area contributed by atoms with Crippen LogP contribution in [0.5, 0.6) is 86.2 Å². The van der Waals surface area contributed by atoms with Crippen LogP contribution in [0.2, 0.25) is 0 Å². The Balaban J connectivity index is 1.39. The Kier molecular flexibility index (Phi) is 10.9. The van der Waals surface area contributed by atoms with Crippen LogP contribution < -0.4 is 0 Å². The lowest BCUT2D eigenvalue weighted by atomic mass is 9.72. The van der Waals surface area contributed by atoms with E-state index in [0.29, 0.717) is 6.07 Å². The first-order chi connectivity index (χ1) is 35.7. The molecule has 19 N–H and O–H groups in total. The number of carbonyl (C=O) groups excluding carboxylic acids is 5. The highest BCUT2D eigenvalue weighted by molar-refractivity contribution is 6.16. The largest absolute Gasteiger partial charge is 0.504 e. The first kappa shape index (κ1) is 49.8. The first-order valence-corrected chi connectivity index (χ1v) is 21.5. The molecule has 0 aliphatic carbocycles. The minimum Gasteiger partial charge on any atom is -0.504 e. The lowest BCUT2D eigenvalue weighted by molar-refractivity contribution is -0.267. The van der Waals surface area contributed by atoms with Crippen LogP contribution in [0.15, 0.2) is 18.2 Å².